The largest absolute Gasteiger partial charge is 0.389 e. The van der Waals surface area contributed by atoms with Crippen LogP contribution in [0, 0.1) is 0 Å². The molecule has 0 spiro atoms. The minimum absolute atomic E-state index is 0.0552. The van der Waals surface area contributed by atoms with Gasteiger partial charge in [-0.3, -0.25) is 4.79 Å². The maximum Gasteiger partial charge on any atom is 0.185 e. The standard InChI is InChI=1S/C14H22O3SSi/c1-10(15)18-9-13(16)14(17)11-5-7-12(8-6-11)19(2,3)4/h5-8,13-14,16-17H,9H2,1-4H3. The topological polar surface area (TPSA) is 57.5 Å². The second-order valence-electron chi connectivity index (χ2n) is 5.69. The fourth-order valence-corrected chi connectivity index (χ4v) is 3.45. The van der Waals surface area contributed by atoms with Crippen LogP contribution in [0.5, 0.6) is 0 Å². The number of rotatable bonds is 5. The molecule has 1 aromatic rings. The third kappa shape index (κ3) is 5.10. The molecule has 2 N–H and O–H groups in total. The summed E-state index contributed by atoms with van der Waals surface area (Å²) in [7, 11) is -1.34. The molecule has 0 amide bonds. The third-order valence-electron chi connectivity index (χ3n) is 2.94. The molecular weight excluding hydrogens is 276 g/mol. The van der Waals surface area contributed by atoms with E-state index in [-0.39, 0.29) is 10.9 Å². The summed E-state index contributed by atoms with van der Waals surface area (Å²) in [4.78, 5) is 10.8. The number of hydrogen-bond acceptors (Lipinski definition) is 4. The van der Waals surface area contributed by atoms with Crippen LogP contribution in [0.2, 0.25) is 19.6 Å². The minimum Gasteiger partial charge on any atom is -0.389 e. The Morgan fingerprint density at radius 1 is 1.21 bits per heavy atom. The van der Waals surface area contributed by atoms with Gasteiger partial charge in [-0.05, 0) is 5.56 Å². The van der Waals surface area contributed by atoms with Crippen LogP contribution in [0.25, 0.3) is 0 Å². The third-order valence-corrected chi connectivity index (χ3v) is 5.92. The summed E-state index contributed by atoms with van der Waals surface area (Å²) in [5.41, 5.74) is 0.693. The number of carbonyl (C=O) groups is 1. The fourth-order valence-electron chi connectivity index (χ4n) is 1.70. The monoisotopic (exact) mass is 298 g/mol. The molecule has 1 aromatic carbocycles. The highest BCUT2D eigenvalue weighted by atomic mass is 32.2. The summed E-state index contributed by atoms with van der Waals surface area (Å²) >= 11 is 1.03. The number of aliphatic hydroxyl groups excluding tert-OH is 2. The maximum atomic E-state index is 10.8. The van der Waals surface area contributed by atoms with Crippen molar-refractivity contribution in [1.82, 2.24) is 0 Å². The molecule has 0 saturated heterocycles. The van der Waals surface area contributed by atoms with Crippen LogP contribution in [-0.2, 0) is 4.79 Å². The van der Waals surface area contributed by atoms with E-state index in [1.165, 1.54) is 12.1 Å². The predicted molar refractivity (Wildman–Crippen MR) is 83.5 cm³/mol. The smallest absolute Gasteiger partial charge is 0.185 e. The molecule has 0 aliphatic heterocycles. The van der Waals surface area contributed by atoms with Crippen molar-refractivity contribution in [2.24, 2.45) is 0 Å². The Balaban J connectivity index is 2.72. The molecule has 0 heterocycles. The quantitative estimate of drug-likeness (QED) is 0.815. The molecule has 0 fully saturated rings. The first-order valence-corrected chi connectivity index (χ1v) is 10.8. The SMILES string of the molecule is CC(=O)SCC(O)C(O)c1ccc([Si](C)(C)C)cc1. The molecule has 106 valence electrons. The minimum atomic E-state index is -1.34. The Kier molecular flexibility index (Phi) is 5.79. The Labute approximate surface area is 120 Å². The van der Waals surface area contributed by atoms with Crippen LogP contribution in [0.4, 0.5) is 0 Å². The summed E-state index contributed by atoms with van der Waals surface area (Å²) in [6, 6.07) is 7.77. The molecule has 0 bridgehead atoms. The molecule has 2 unspecified atom stereocenters. The van der Waals surface area contributed by atoms with Gasteiger partial charge >= 0.3 is 0 Å². The number of benzene rings is 1. The van der Waals surface area contributed by atoms with Gasteiger partial charge < -0.3 is 10.2 Å². The molecule has 19 heavy (non-hydrogen) atoms. The molecular formula is C14H22O3SSi. The van der Waals surface area contributed by atoms with Crippen LogP contribution in [0.15, 0.2) is 24.3 Å². The zero-order valence-electron chi connectivity index (χ0n) is 11.9. The number of aliphatic hydroxyl groups is 2. The van der Waals surface area contributed by atoms with Gasteiger partial charge in [0.25, 0.3) is 0 Å². The molecule has 0 radical (unpaired) electrons. The van der Waals surface area contributed by atoms with Crippen molar-refractivity contribution in [2.75, 3.05) is 5.75 Å². The lowest BCUT2D eigenvalue weighted by Gasteiger charge is -2.20. The van der Waals surface area contributed by atoms with Crippen LogP contribution in [0.1, 0.15) is 18.6 Å². The summed E-state index contributed by atoms with van der Waals surface area (Å²) < 4.78 is 0. The van der Waals surface area contributed by atoms with Crippen molar-refractivity contribution in [3.05, 3.63) is 29.8 Å². The zero-order valence-corrected chi connectivity index (χ0v) is 13.7. The molecule has 1 rings (SSSR count). The first-order chi connectivity index (χ1) is 8.71. The van der Waals surface area contributed by atoms with Crippen molar-refractivity contribution in [3.63, 3.8) is 0 Å². The van der Waals surface area contributed by atoms with Crippen molar-refractivity contribution >= 4 is 30.1 Å². The summed E-state index contributed by atoms with van der Waals surface area (Å²) in [6.07, 6.45) is -1.87. The lowest BCUT2D eigenvalue weighted by Crippen LogP contribution is -2.37. The summed E-state index contributed by atoms with van der Waals surface area (Å²) in [6.45, 7) is 8.23. The van der Waals surface area contributed by atoms with E-state index in [2.05, 4.69) is 19.6 Å². The molecule has 0 aliphatic carbocycles. The Morgan fingerprint density at radius 3 is 2.16 bits per heavy atom. The van der Waals surface area contributed by atoms with E-state index in [1.54, 1.807) is 0 Å². The average molecular weight is 298 g/mol. The van der Waals surface area contributed by atoms with E-state index >= 15 is 0 Å². The second kappa shape index (κ2) is 6.70. The van der Waals surface area contributed by atoms with Gasteiger partial charge in [-0.25, -0.2) is 0 Å². The maximum absolute atomic E-state index is 10.8. The van der Waals surface area contributed by atoms with Crippen LogP contribution >= 0.6 is 11.8 Å². The number of carbonyl (C=O) groups excluding carboxylic acids is 1. The van der Waals surface area contributed by atoms with Crippen LogP contribution < -0.4 is 5.19 Å². The van der Waals surface area contributed by atoms with Crippen molar-refractivity contribution < 1.29 is 15.0 Å². The van der Waals surface area contributed by atoms with E-state index in [0.717, 1.165) is 11.8 Å². The van der Waals surface area contributed by atoms with Gasteiger partial charge in [0.15, 0.2) is 5.12 Å². The molecule has 5 heteroatoms. The van der Waals surface area contributed by atoms with E-state index in [1.807, 2.05) is 24.3 Å². The molecule has 2 atom stereocenters. The molecule has 0 aliphatic rings. The summed E-state index contributed by atoms with van der Waals surface area (Å²) in [5, 5.41) is 21.1. The predicted octanol–water partition coefficient (Wildman–Crippen LogP) is 1.91. The van der Waals surface area contributed by atoms with Crippen molar-refractivity contribution in [2.45, 2.75) is 38.8 Å². The molecule has 0 aromatic heterocycles. The Bertz CT molecular complexity index is 425. The van der Waals surface area contributed by atoms with E-state index in [9.17, 15) is 15.0 Å². The second-order valence-corrected chi connectivity index (χ2v) is 12.0. The van der Waals surface area contributed by atoms with Gasteiger partial charge in [0.2, 0.25) is 0 Å². The van der Waals surface area contributed by atoms with Crippen molar-refractivity contribution in [3.8, 4) is 0 Å². The van der Waals surface area contributed by atoms with E-state index in [0.29, 0.717) is 5.56 Å². The lowest BCUT2D eigenvalue weighted by atomic mass is 10.1. The van der Waals surface area contributed by atoms with Gasteiger partial charge in [-0.1, -0.05) is 60.9 Å². The summed E-state index contributed by atoms with van der Waals surface area (Å²) in [5.74, 6) is 0.215. The highest BCUT2D eigenvalue weighted by molar-refractivity contribution is 8.13. The van der Waals surface area contributed by atoms with Crippen LogP contribution in [-0.4, -0.2) is 35.3 Å². The Morgan fingerprint density at radius 2 is 1.74 bits per heavy atom. The first-order valence-electron chi connectivity index (χ1n) is 6.31. The zero-order chi connectivity index (χ0) is 14.6. The number of thioether (sulfide) groups is 1. The Hall–Kier alpha value is -0.623. The van der Waals surface area contributed by atoms with E-state index < -0.39 is 20.3 Å². The van der Waals surface area contributed by atoms with Gasteiger partial charge in [0.05, 0.1) is 14.2 Å². The van der Waals surface area contributed by atoms with Crippen LogP contribution in [0.3, 0.4) is 0 Å². The highest BCUT2D eigenvalue weighted by Gasteiger charge is 2.21. The van der Waals surface area contributed by atoms with Gasteiger partial charge in [-0.2, -0.15) is 0 Å². The normalized spacial score (nSPS) is 15.1. The van der Waals surface area contributed by atoms with E-state index in [4.69, 9.17) is 0 Å². The molecule has 0 saturated carbocycles. The van der Waals surface area contributed by atoms with Gasteiger partial charge in [0, 0.05) is 12.7 Å². The average Bonchev–Trinajstić information content (AvgIpc) is 2.34. The fraction of sp³-hybridized carbons (Fsp3) is 0.500. The number of hydrogen-bond donors (Lipinski definition) is 2. The van der Waals surface area contributed by atoms with Gasteiger partial charge in [-0.15, -0.1) is 0 Å². The molecule has 3 nitrogen and oxygen atoms in total. The highest BCUT2D eigenvalue weighted by Crippen LogP contribution is 2.20. The first kappa shape index (κ1) is 16.4. The van der Waals surface area contributed by atoms with Crippen molar-refractivity contribution in [1.29, 1.82) is 0 Å². The lowest BCUT2D eigenvalue weighted by molar-refractivity contribution is -0.109. The van der Waals surface area contributed by atoms with Gasteiger partial charge in [0.1, 0.15) is 6.10 Å².